The Balaban J connectivity index is 0.00000361. The van der Waals surface area contributed by atoms with Crippen LogP contribution in [-0.4, -0.2) is 24.6 Å². The van der Waals surface area contributed by atoms with Gasteiger partial charge in [0.15, 0.2) is 5.96 Å². The smallest absolute Gasteiger partial charge is 0.191 e. The summed E-state index contributed by atoms with van der Waals surface area (Å²) >= 11 is 0. The number of hydrogen-bond donors (Lipinski definition) is 2. The average molecular weight is 389 g/mol. The van der Waals surface area contributed by atoms with E-state index in [1.54, 1.807) is 0 Å². The Labute approximate surface area is 140 Å². The molecule has 2 N–H and O–H groups in total. The van der Waals surface area contributed by atoms with Crippen molar-refractivity contribution >= 4 is 29.9 Å². The lowest BCUT2D eigenvalue weighted by molar-refractivity contribution is 0.501. The predicted molar refractivity (Wildman–Crippen MR) is 99.2 cm³/mol. The molecule has 0 fully saturated rings. The van der Waals surface area contributed by atoms with Crippen LogP contribution in [0.4, 0.5) is 0 Å². The van der Waals surface area contributed by atoms with Gasteiger partial charge in [0.25, 0.3) is 0 Å². The first-order chi connectivity index (χ1) is 8.90. The van der Waals surface area contributed by atoms with Gasteiger partial charge in [0.05, 0.1) is 0 Å². The summed E-state index contributed by atoms with van der Waals surface area (Å²) in [6.07, 6.45) is 0.973. The van der Waals surface area contributed by atoms with Crippen molar-refractivity contribution in [1.82, 2.24) is 10.6 Å². The second-order valence-corrected chi connectivity index (χ2v) is 5.87. The number of benzene rings is 1. The van der Waals surface area contributed by atoms with Crippen molar-refractivity contribution in [3.63, 3.8) is 0 Å². The molecule has 4 heteroatoms. The maximum atomic E-state index is 4.61. The number of nitrogens with one attached hydrogen (secondary N) is 2. The number of nitrogens with zero attached hydrogens (tertiary/aromatic N) is 1. The fourth-order valence-corrected chi connectivity index (χ4v) is 1.71. The molecule has 0 amide bonds. The van der Waals surface area contributed by atoms with Gasteiger partial charge < -0.3 is 10.6 Å². The highest BCUT2D eigenvalue weighted by Gasteiger charge is 2.11. The third-order valence-corrected chi connectivity index (χ3v) is 2.63. The molecule has 1 rings (SSSR count). The summed E-state index contributed by atoms with van der Waals surface area (Å²) in [5.41, 5.74) is 2.67. The highest BCUT2D eigenvalue weighted by Crippen LogP contribution is 2.04. The summed E-state index contributed by atoms with van der Waals surface area (Å²) in [7, 11) is 0. The second-order valence-electron chi connectivity index (χ2n) is 5.87. The number of aliphatic imine (C=N–C) groups is 1. The molecule has 0 aliphatic rings. The topological polar surface area (TPSA) is 36.4 Å². The van der Waals surface area contributed by atoms with Crippen molar-refractivity contribution in [3.8, 4) is 0 Å². The zero-order chi connectivity index (χ0) is 14.3. The summed E-state index contributed by atoms with van der Waals surface area (Å²) in [4.78, 5) is 4.61. The molecule has 0 bridgehead atoms. The van der Waals surface area contributed by atoms with Crippen LogP contribution in [0.1, 0.15) is 38.8 Å². The Morgan fingerprint density at radius 1 is 1.15 bits per heavy atom. The SMILES string of the molecule is CCNC(=NCCc1ccc(C)cc1)NC(C)(C)C.I. The minimum Gasteiger partial charge on any atom is -0.357 e. The number of guanidine groups is 1. The number of aryl methyl sites for hydroxylation is 1. The van der Waals surface area contributed by atoms with Crippen LogP contribution in [0.15, 0.2) is 29.3 Å². The molecule has 1 aromatic carbocycles. The molecular formula is C16H28IN3. The summed E-state index contributed by atoms with van der Waals surface area (Å²) in [5, 5.41) is 6.66. The normalized spacial score (nSPS) is 11.8. The molecule has 0 spiro atoms. The van der Waals surface area contributed by atoms with Gasteiger partial charge in [-0.3, -0.25) is 4.99 Å². The standard InChI is InChI=1S/C16H27N3.HI/c1-6-17-15(19-16(3,4)5)18-12-11-14-9-7-13(2)8-10-14;/h7-10H,6,11-12H2,1-5H3,(H2,17,18,19);1H. The summed E-state index contributed by atoms with van der Waals surface area (Å²) in [6, 6.07) is 8.65. The second kappa shape index (κ2) is 9.21. The maximum Gasteiger partial charge on any atom is 0.191 e. The molecule has 20 heavy (non-hydrogen) atoms. The third-order valence-electron chi connectivity index (χ3n) is 2.63. The first-order valence-corrected chi connectivity index (χ1v) is 7.03. The van der Waals surface area contributed by atoms with Crippen molar-refractivity contribution in [2.75, 3.05) is 13.1 Å². The van der Waals surface area contributed by atoms with Crippen molar-refractivity contribution in [2.45, 2.75) is 46.6 Å². The first-order valence-electron chi connectivity index (χ1n) is 7.03. The molecule has 0 atom stereocenters. The summed E-state index contributed by atoms with van der Waals surface area (Å²) in [6.45, 7) is 12.3. The van der Waals surface area contributed by atoms with Crippen LogP contribution in [-0.2, 0) is 6.42 Å². The van der Waals surface area contributed by atoms with E-state index < -0.39 is 0 Å². The number of halogens is 1. The molecule has 3 nitrogen and oxygen atoms in total. The van der Waals surface area contributed by atoms with Gasteiger partial charge in [-0.15, -0.1) is 24.0 Å². The lowest BCUT2D eigenvalue weighted by Crippen LogP contribution is -2.47. The molecule has 0 saturated heterocycles. The number of rotatable bonds is 4. The highest BCUT2D eigenvalue weighted by molar-refractivity contribution is 14.0. The van der Waals surface area contributed by atoms with E-state index >= 15 is 0 Å². The molecule has 0 aliphatic heterocycles. The fourth-order valence-electron chi connectivity index (χ4n) is 1.71. The van der Waals surface area contributed by atoms with Crippen molar-refractivity contribution in [3.05, 3.63) is 35.4 Å². The Bertz CT molecular complexity index is 405. The molecule has 1 aromatic rings. The minimum absolute atomic E-state index is 0. The Morgan fingerprint density at radius 2 is 1.75 bits per heavy atom. The van der Waals surface area contributed by atoms with E-state index in [1.165, 1.54) is 11.1 Å². The van der Waals surface area contributed by atoms with Gasteiger partial charge >= 0.3 is 0 Å². The van der Waals surface area contributed by atoms with Crippen LogP contribution < -0.4 is 10.6 Å². The van der Waals surface area contributed by atoms with Crippen molar-refractivity contribution in [1.29, 1.82) is 0 Å². The van der Waals surface area contributed by atoms with Gasteiger partial charge in [0, 0.05) is 18.6 Å². The van der Waals surface area contributed by atoms with E-state index in [9.17, 15) is 0 Å². The van der Waals surface area contributed by atoms with Gasteiger partial charge in [0.2, 0.25) is 0 Å². The van der Waals surface area contributed by atoms with Crippen LogP contribution in [0.5, 0.6) is 0 Å². The van der Waals surface area contributed by atoms with Crippen LogP contribution in [0.3, 0.4) is 0 Å². The molecule has 0 saturated carbocycles. The van der Waals surface area contributed by atoms with E-state index in [2.05, 4.69) is 74.5 Å². The van der Waals surface area contributed by atoms with Crippen LogP contribution in [0.2, 0.25) is 0 Å². The molecule has 0 aliphatic carbocycles. The van der Waals surface area contributed by atoms with Crippen molar-refractivity contribution < 1.29 is 0 Å². The maximum absolute atomic E-state index is 4.61. The average Bonchev–Trinajstić information content (AvgIpc) is 2.30. The van der Waals surface area contributed by atoms with Crippen molar-refractivity contribution in [2.24, 2.45) is 4.99 Å². The zero-order valence-electron chi connectivity index (χ0n) is 13.3. The fraction of sp³-hybridized carbons (Fsp3) is 0.562. The van der Waals surface area contributed by atoms with Gasteiger partial charge in [-0.05, 0) is 46.6 Å². The summed E-state index contributed by atoms with van der Waals surface area (Å²) < 4.78 is 0. The molecule has 0 unspecified atom stereocenters. The Morgan fingerprint density at radius 3 is 2.25 bits per heavy atom. The van der Waals surface area contributed by atoms with Gasteiger partial charge in [-0.1, -0.05) is 29.8 Å². The lowest BCUT2D eigenvalue weighted by Gasteiger charge is -2.23. The quantitative estimate of drug-likeness (QED) is 0.470. The minimum atomic E-state index is 0. The van der Waals surface area contributed by atoms with E-state index in [4.69, 9.17) is 0 Å². The number of hydrogen-bond acceptors (Lipinski definition) is 1. The largest absolute Gasteiger partial charge is 0.357 e. The Hall–Kier alpha value is -0.780. The van der Waals surface area contributed by atoms with Gasteiger partial charge in [0.1, 0.15) is 0 Å². The molecule has 0 radical (unpaired) electrons. The van der Waals surface area contributed by atoms with E-state index in [0.717, 1.165) is 25.5 Å². The molecule has 114 valence electrons. The van der Waals surface area contributed by atoms with E-state index in [0.29, 0.717) is 0 Å². The van der Waals surface area contributed by atoms with Gasteiger partial charge in [-0.2, -0.15) is 0 Å². The van der Waals surface area contributed by atoms with E-state index in [1.807, 2.05) is 0 Å². The van der Waals surface area contributed by atoms with Crippen LogP contribution >= 0.6 is 24.0 Å². The molecule has 0 aromatic heterocycles. The zero-order valence-corrected chi connectivity index (χ0v) is 15.6. The van der Waals surface area contributed by atoms with Gasteiger partial charge in [-0.25, -0.2) is 0 Å². The predicted octanol–water partition coefficient (Wildman–Crippen LogP) is 3.51. The lowest BCUT2D eigenvalue weighted by atomic mass is 10.1. The van der Waals surface area contributed by atoms with Crippen LogP contribution in [0.25, 0.3) is 0 Å². The molecular weight excluding hydrogens is 361 g/mol. The first kappa shape index (κ1) is 19.2. The monoisotopic (exact) mass is 389 g/mol. The van der Waals surface area contributed by atoms with Crippen LogP contribution in [0, 0.1) is 6.92 Å². The highest BCUT2D eigenvalue weighted by atomic mass is 127. The molecule has 0 heterocycles. The third kappa shape index (κ3) is 8.40. The van der Waals surface area contributed by atoms with E-state index in [-0.39, 0.29) is 29.5 Å². The Kier molecular flexibility index (Phi) is 8.85. The summed E-state index contributed by atoms with van der Waals surface area (Å²) in [5.74, 6) is 0.891.